The summed E-state index contributed by atoms with van der Waals surface area (Å²) < 4.78 is 1.81. The topological polar surface area (TPSA) is 42.7 Å². The molecule has 0 aliphatic heterocycles. The third-order valence-corrected chi connectivity index (χ3v) is 2.38. The van der Waals surface area contributed by atoms with Crippen molar-refractivity contribution < 1.29 is 0 Å². The average molecular weight is 216 g/mol. The van der Waals surface area contributed by atoms with Gasteiger partial charge in [-0.05, 0) is 24.6 Å². The molecule has 2 aromatic heterocycles. The molecular formula is C12H16N4. The number of nitrogens with zero attached hydrogens (tertiary/aromatic N) is 3. The fraction of sp³-hybridized carbons (Fsp3) is 0.333. The van der Waals surface area contributed by atoms with Crippen LogP contribution in [0.5, 0.6) is 0 Å². The largest absolute Gasteiger partial charge is 0.307 e. The van der Waals surface area contributed by atoms with E-state index in [-0.39, 0.29) is 0 Å². The van der Waals surface area contributed by atoms with Crippen molar-refractivity contribution >= 4 is 0 Å². The molecule has 0 saturated carbocycles. The fourth-order valence-electron chi connectivity index (χ4n) is 1.50. The molecule has 84 valence electrons. The molecule has 0 unspecified atom stereocenters. The number of hydrogen-bond acceptors (Lipinski definition) is 3. The van der Waals surface area contributed by atoms with E-state index in [2.05, 4.69) is 21.5 Å². The molecule has 0 amide bonds. The molecule has 0 bridgehead atoms. The van der Waals surface area contributed by atoms with E-state index >= 15 is 0 Å². The maximum Gasteiger partial charge on any atom is 0.0762 e. The minimum absolute atomic E-state index is 0.786. The van der Waals surface area contributed by atoms with E-state index in [1.807, 2.05) is 43.2 Å². The second-order valence-electron chi connectivity index (χ2n) is 3.89. The first-order valence-electron chi connectivity index (χ1n) is 5.35. The summed E-state index contributed by atoms with van der Waals surface area (Å²) in [6, 6.07) is 6.13. The summed E-state index contributed by atoms with van der Waals surface area (Å²) in [6.45, 7) is 3.60. The van der Waals surface area contributed by atoms with Crippen LogP contribution < -0.4 is 5.32 Å². The van der Waals surface area contributed by atoms with E-state index in [9.17, 15) is 0 Å². The lowest BCUT2D eigenvalue weighted by Crippen LogP contribution is -2.13. The van der Waals surface area contributed by atoms with Gasteiger partial charge in [0.05, 0.1) is 5.69 Å². The summed E-state index contributed by atoms with van der Waals surface area (Å²) in [5, 5.41) is 7.63. The summed E-state index contributed by atoms with van der Waals surface area (Å²) in [5.41, 5.74) is 3.30. The van der Waals surface area contributed by atoms with Gasteiger partial charge in [0.2, 0.25) is 0 Å². The highest BCUT2D eigenvalue weighted by Gasteiger charge is 1.97. The van der Waals surface area contributed by atoms with E-state index in [0.29, 0.717) is 0 Å². The Bertz CT molecular complexity index is 444. The highest BCUT2D eigenvalue weighted by molar-refractivity contribution is 5.13. The third kappa shape index (κ3) is 2.90. The number of rotatable bonds is 4. The van der Waals surface area contributed by atoms with Gasteiger partial charge in [-0.15, -0.1) is 0 Å². The molecule has 0 aliphatic rings. The Balaban J connectivity index is 1.82. The van der Waals surface area contributed by atoms with Gasteiger partial charge in [0.25, 0.3) is 0 Å². The molecule has 2 aromatic rings. The smallest absolute Gasteiger partial charge is 0.0762 e. The highest BCUT2D eigenvalue weighted by atomic mass is 15.3. The van der Waals surface area contributed by atoms with Gasteiger partial charge in [-0.25, -0.2) is 0 Å². The van der Waals surface area contributed by atoms with Crippen molar-refractivity contribution in [3.05, 3.63) is 47.5 Å². The van der Waals surface area contributed by atoms with E-state index in [4.69, 9.17) is 0 Å². The molecule has 0 fully saturated rings. The minimum Gasteiger partial charge on any atom is -0.307 e. The van der Waals surface area contributed by atoms with Crippen LogP contribution in [0.15, 0.2) is 30.6 Å². The molecule has 4 heteroatoms. The second-order valence-corrected chi connectivity index (χ2v) is 3.89. The predicted octanol–water partition coefficient (Wildman–Crippen LogP) is 1.41. The average Bonchev–Trinajstić information content (AvgIpc) is 2.67. The Hall–Kier alpha value is -1.68. The molecule has 2 heterocycles. The van der Waals surface area contributed by atoms with Gasteiger partial charge in [-0.1, -0.05) is 6.07 Å². The van der Waals surface area contributed by atoms with Gasteiger partial charge in [-0.2, -0.15) is 5.10 Å². The SMILES string of the molecule is Cc1ccc(CNCc2ccn(C)n2)cn1. The predicted molar refractivity (Wildman–Crippen MR) is 62.7 cm³/mol. The molecular weight excluding hydrogens is 200 g/mol. The van der Waals surface area contributed by atoms with Gasteiger partial charge in [0.15, 0.2) is 0 Å². The summed E-state index contributed by atoms with van der Waals surface area (Å²) in [7, 11) is 1.92. The first-order chi connectivity index (χ1) is 7.74. The Kier molecular flexibility index (Phi) is 3.31. The Morgan fingerprint density at radius 2 is 2.12 bits per heavy atom. The van der Waals surface area contributed by atoms with E-state index in [1.54, 1.807) is 0 Å². The molecule has 4 nitrogen and oxygen atoms in total. The van der Waals surface area contributed by atoms with Gasteiger partial charge in [-0.3, -0.25) is 9.67 Å². The van der Waals surface area contributed by atoms with Crippen LogP contribution in [0.3, 0.4) is 0 Å². The summed E-state index contributed by atoms with van der Waals surface area (Å²) in [4.78, 5) is 4.25. The first kappa shape index (κ1) is 10.8. The molecule has 0 aromatic carbocycles. The molecule has 0 radical (unpaired) electrons. The Morgan fingerprint density at radius 1 is 1.25 bits per heavy atom. The van der Waals surface area contributed by atoms with Crippen LogP contribution in [-0.4, -0.2) is 14.8 Å². The van der Waals surface area contributed by atoms with E-state index in [1.165, 1.54) is 5.56 Å². The lowest BCUT2D eigenvalue weighted by molar-refractivity contribution is 0.655. The van der Waals surface area contributed by atoms with Crippen molar-refractivity contribution in [2.24, 2.45) is 7.05 Å². The van der Waals surface area contributed by atoms with Crippen LogP contribution in [0.2, 0.25) is 0 Å². The number of hydrogen-bond donors (Lipinski definition) is 1. The third-order valence-electron chi connectivity index (χ3n) is 2.38. The molecule has 2 rings (SSSR count). The maximum absolute atomic E-state index is 4.29. The quantitative estimate of drug-likeness (QED) is 0.840. The van der Waals surface area contributed by atoms with Gasteiger partial charge in [0.1, 0.15) is 0 Å². The van der Waals surface area contributed by atoms with Crippen molar-refractivity contribution in [3.63, 3.8) is 0 Å². The molecule has 16 heavy (non-hydrogen) atoms. The molecule has 0 atom stereocenters. The summed E-state index contributed by atoms with van der Waals surface area (Å²) in [5.74, 6) is 0. The minimum atomic E-state index is 0.786. The zero-order valence-corrected chi connectivity index (χ0v) is 9.64. The zero-order valence-electron chi connectivity index (χ0n) is 9.64. The Labute approximate surface area is 95.3 Å². The summed E-state index contributed by atoms with van der Waals surface area (Å²) >= 11 is 0. The van der Waals surface area contributed by atoms with Crippen molar-refractivity contribution in [1.29, 1.82) is 0 Å². The van der Waals surface area contributed by atoms with Gasteiger partial charge in [0, 0.05) is 38.2 Å². The van der Waals surface area contributed by atoms with Crippen LogP contribution in [0.4, 0.5) is 0 Å². The molecule has 1 N–H and O–H groups in total. The lowest BCUT2D eigenvalue weighted by Gasteiger charge is -2.02. The fourth-order valence-corrected chi connectivity index (χ4v) is 1.50. The normalized spacial score (nSPS) is 10.6. The van der Waals surface area contributed by atoms with Crippen LogP contribution in [-0.2, 0) is 20.1 Å². The monoisotopic (exact) mass is 216 g/mol. The van der Waals surface area contributed by atoms with Crippen molar-refractivity contribution in [1.82, 2.24) is 20.1 Å². The van der Waals surface area contributed by atoms with Gasteiger partial charge < -0.3 is 5.32 Å². The van der Waals surface area contributed by atoms with E-state index in [0.717, 1.165) is 24.5 Å². The standard InChI is InChI=1S/C12H16N4/c1-10-3-4-11(8-14-10)7-13-9-12-5-6-16(2)15-12/h3-6,8,13H,7,9H2,1-2H3. The highest BCUT2D eigenvalue weighted by Crippen LogP contribution is 1.99. The number of aromatic nitrogens is 3. The first-order valence-corrected chi connectivity index (χ1v) is 5.35. The van der Waals surface area contributed by atoms with Crippen molar-refractivity contribution in [2.75, 3.05) is 0 Å². The van der Waals surface area contributed by atoms with Crippen LogP contribution in [0.1, 0.15) is 17.0 Å². The van der Waals surface area contributed by atoms with Gasteiger partial charge >= 0.3 is 0 Å². The molecule has 0 saturated heterocycles. The number of pyridine rings is 1. The van der Waals surface area contributed by atoms with E-state index < -0.39 is 0 Å². The summed E-state index contributed by atoms with van der Waals surface area (Å²) in [6.07, 6.45) is 3.85. The van der Waals surface area contributed by atoms with Crippen LogP contribution >= 0.6 is 0 Å². The maximum atomic E-state index is 4.29. The lowest BCUT2D eigenvalue weighted by atomic mass is 10.2. The van der Waals surface area contributed by atoms with Crippen molar-refractivity contribution in [3.8, 4) is 0 Å². The van der Waals surface area contributed by atoms with Crippen LogP contribution in [0.25, 0.3) is 0 Å². The number of aryl methyl sites for hydroxylation is 2. The molecule has 0 spiro atoms. The second kappa shape index (κ2) is 4.90. The van der Waals surface area contributed by atoms with Crippen LogP contribution in [0, 0.1) is 6.92 Å². The van der Waals surface area contributed by atoms with Crippen molar-refractivity contribution in [2.45, 2.75) is 20.0 Å². The Morgan fingerprint density at radius 3 is 2.75 bits per heavy atom. The molecule has 0 aliphatic carbocycles. The number of nitrogens with one attached hydrogen (secondary N) is 1. The zero-order chi connectivity index (χ0) is 11.4.